The molecule has 0 aliphatic carbocycles. The number of hydrogen-bond acceptors (Lipinski definition) is 6. The average Bonchev–Trinajstić information content (AvgIpc) is 2.74. The molecule has 0 radical (unpaired) electrons. The first-order chi connectivity index (χ1) is 16.6. The first-order valence-electron chi connectivity index (χ1n) is 11.0. The summed E-state index contributed by atoms with van der Waals surface area (Å²) in [5, 5.41) is 14.9. The molecular weight excluding hydrogens is 510 g/mol. The molecule has 196 valence electrons. The highest BCUT2D eigenvalue weighted by molar-refractivity contribution is 7.93. The van der Waals surface area contributed by atoms with E-state index >= 15 is 0 Å². The van der Waals surface area contributed by atoms with Crippen LogP contribution in [0, 0.1) is 5.92 Å². The monoisotopic (exact) mass is 539 g/mol. The zero-order valence-electron chi connectivity index (χ0n) is 20.6. The molecule has 36 heavy (non-hydrogen) atoms. The van der Waals surface area contributed by atoms with Crippen molar-refractivity contribution < 1.29 is 32.6 Å². The number of amides is 2. The Morgan fingerprint density at radius 3 is 2.28 bits per heavy atom. The van der Waals surface area contributed by atoms with Crippen molar-refractivity contribution in [1.29, 1.82) is 0 Å². The lowest BCUT2D eigenvalue weighted by atomic mass is 10.0. The Morgan fingerprint density at radius 2 is 1.72 bits per heavy atom. The Morgan fingerprint density at radius 1 is 1.08 bits per heavy atom. The Bertz CT molecular complexity index is 1230. The van der Waals surface area contributed by atoms with Crippen LogP contribution in [0.5, 0.6) is 0 Å². The van der Waals surface area contributed by atoms with Crippen molar-refractivity contribution in [1.82, 2.24) is 5.32 Å². The Balaban J connectivity index is 2.35. The zero-order chi connectivity index (χ0) is 27.3. The van der Waals surface area contributed by atoms with Gasteiger partial charge in [0, 0.05) is 10.7 Å². The Labute approximate surface area is 215 Å². The van der Waals surface area contributed by atoms with E-state index in [4.69, 9.17) is 16.3 Å². The van der Waals surface area contributed by atoms with Gasteiger partial charge in [-0.3, -0.25) is 9.10 Å². The van der Waals surface area contributed by atoms with Crippen LogP contribution >= 0.6 is 11.6 Å². The maximum atomic E-state index is 13.7. The van der Waals surface area contributed by atoms with Gasteiger partial charge in [0.1, 0.15) is 18.2 Å². The van der Waals surface area contributed by atoms with Gasteiger partial charge in [-0.25, -0.2) is 18.0 Å². The number of rotatable bonds is 9. The number of aliphatic carboxylic acids is 1. The van der Waals surface area contributed by atoms with E-state index in [2.05, 4.69) is 10.6 Å². The van der Waals surface area contributed by atoms with E-state index in [0.717, 1.165) is 4.31 Å². The SMILES string of the molecule is CC(C)C(C(=O)O)N(c1cccc(Cl)c1)S(=O)(=O)c1cccc(NC(=O)CNC(=O)OC(C)(C)C)c1. The Kier molecular flexibility index (Phi) is 9.33. The van der Waals surface area contributed by atoms with E-state index in [9.17, 15) is 27.9 Å². The van der Waals surface area contributed by atoms with Crippen LogP contribution in [0.3, 0.4) is 0 Å². The zero-order valence-corrected chi connectivity index (χ0v) is 22.2. The summed E-state index contributed by atoms with van der Waals surface area (Å²) in [5.74, 6) is -2.53. The molecule has 0 aliphatic rings. The van der Waals surface area contributed by atoms with Crippen molar-refractivity contribution in [2.24, 2.45) is 5.92 Å². The van der Waals surface area contributed by atoms with E-state index in [-0.39, 0.29) is 21.3 Å². The number of nitrogens with one attached hydrogen (secondary N) is 2. The lowest BCUT2D eigenvalue weighted by Gasteiger charge is -2.32. The number of ether oxygens (including phenoxy) is 1. The molecule has 0 bridgehead atoms. The second-order valence-corrected chi connectivity index (χ2v) is 11.5. The second-order valence-electron chi connectivity index (χ2n) is 9.24. The topological polar surface area (TPSA) is 142 Å². The highest BCUT2D eigenvalue weighted by atomic mass is 35.5. The molecule has 0 heterocycles. The van der Waals surface area contributed by atoms with E-state index < -0.39 is 52.1 Å². The number of benzene rings is 2. The van der Waals surface area contributed by atoms with Gasteiger partial charge in [-0.1, -0.05) is 37.6 Å². The smallest absolute Gasteiger partial charge is 0.408 e. The third-order valence-corrected chi connectivity index (χ3v) is 6.71. The number of carboxylic acid groups (broad SMARTS) is 1. The molecule has 1 unspecified atom stereocenters. The van der Waals surface area contributed by atoms with Crippen molar-refractivity contribution in [3.05, 3.63) is 53.6 Å². The molecule has 2 rings (SSSR count). The number of anilines is 2. The molecule has 0 aromatic heterocycles. The summed E-state index contributed by atoms with van der Waals surface area (Å²) in [6.45, 7) is 7.83. The summed E-state index contributed by atoms with van der Waals surface area (Å²) in [6, 6.07) is 9.83. The van der Waals surface area contributed by atoms with Gasteiger partial charge in [0.2, 0.25) is 5.91 Å². The molecule has 2 aromatic rings. The number of alkyl carbamates (subject to hydrolysis) is 1. The number of halogens is 1. The standard InChI is InChI=1S/C24H30ClN3O7S/c1-15(2)21(22(30)31)28(18-10-6-8-16(25)12-18)36(33,34)19-11-7-9-17(13-19)27-20(29)14-26-23(32)35-24(3,4)5/h6-13,15,21H,14H2,1-5H3,(H,26,32)(H,27,29)(H,30,31). The van der Waals surface area contributed by atoms with Gasteiger partial charge in [0.25, 0.3) is 10.0 Å². The summed E-state index contributed by atoms with van der Waals surface area (Å²) >= 11 is 6.06. The lowest BCUT2D eigenvalue weighted by Crippen LogP contribution is -2.48. The molecule has 12 heteroatoms. The number of carboxylic acids is 1. The molecule has 2 amide bonds. The third kappa shape index (κ3) is 7.85. The third-order valence-electron chi connectivity index (χ3n) is 4.67. The van der Waals surface area contributed by atoms with E-state index in [0.29, 0.717) is 0 Å². The van der Waals surface area contributed by atoms with Crippen LogP contribution < -0.4 is 14.9 Å². The van der Waals surface area contributed by atoms with Crippen molar-refractivity contribution in [2.45, 2.75) is 51.2 Å². The molecular formula is C24H30ClN3O7S. The normalized spacial score (nSPS) is 12.5. The van der Waals surface area contributed by atoms with Gasteiger partial charge >= 0.3 is 12.1 Å². The second kappa shape index (κ2) is 11.6. The minimum absolute atomic E-state index is 0.0830. The van der Waals surface area contributed by atoms with Crippen molar-refractivity contribution in [2.75, 3.05) is 16.2 Å². The maximum absolute atomic E-state index is 13.7. The van der Waals surface area contributed by atoms with E-state index in [1.54, 1.807) is 40.7 Å². The molecule has 3 N–H and O–H groups in total. The largest absolute Gasteiger partial charge is 0.480 e. The van der Waals surface area contributed by atoms with Crippen LogP contribution in [0.1, 0.15) is 34.6 Å². The summed E-state index contributed by atoms with van der Waals surface area (Å²) in [7, 11) is -4.41. The van der Waals surface area contributed by atoms with Gasteiger partial charge in [-0.2, -0.15) is 0 Å². The number of carbonyl (C=O) groups excluding carboxylic acids is 2. The lowest BCUT2D eigenvalue weighted by molar-refractivity contribution is -0.139. The van der Waals surface area contributed by atoms with Gasteiger partial charge in [0.15, 0.2) is 0 Å². The van der Waals surface area contributed by atoms with Crippen LogP contribution in [0.2, 0.25) is 5.02 Å². The molecule has 0 aliphatic heterocycles. The fraction of sp³-hybridized carbons (Fsp3) is 0.375. The molecule has 0 spiro atoms. The molecule has 0 saturated carbocycles. The van der Waals surface area contributed by atoms with E-state index in [1.165, 1.54) is 42.5 Å². The summed E-state index contributed by atoms with van der Waals surface area (Å²) in [6.07, 6.45) is -0.778. The fourth-order valence-corrected chi connectivity index (χ4v) is 5.20. The summed E-state index contributed by atoms with van der Waals surface area (Å²) < 4.78 is 33.3. The van der Waals surface area contributed by atoms with Gasteiger partial charge in [-0.05, 0) is 63.1 Å². The first kappa shape index (κ1) is 28.9. The van der Waals surface area contributed by atoms with Crippen LogP contribution in [0.25, 0.3) is 0 Å². The summed E-state index contributed by atoms with van der Waals surface area (Å²) in [4.78, 5) is 35.9. The predicted octanol–water partition coefficient (Wildman–Crippen LogP) is 4.11. The number of nitrogens with zero attached hydrogens (tertiary/aromatic N) is 1. The maximum Gasteiger partial charge on any atom is 0.408 e. The van der Waals surface area contributed by atoms with Crippen molar-refractivity contribution >= 4 is 51.0 Å². The average molecular weight is 540 g/mol. The van der Waals surface area contributed by atoms with Crippen molar-refractivity contribution in [3.63, 3.8) is 0 Å². The molecule has 2 aromatic carbocycles. The minimum atomic E-state index is -4.41. The van der Waals surface area contributed by atoms with Crippen LogP contribution in [-0.4, -0.2) is 49.7 Å². The highest BCUT2D eigenvalue weighted by Crippen LogP contribution is 2.31. The predicted molar refractivity (Wildman–Crippen MR) is 137 cm³/mol. The fourth-order valence-electron chi connectivity index (χ4n) is 3.24. The van der Waals surface area contributed by atoms with Crippen LogP contribution in [0.15, 0.2) is 53.4 Å². The van der Waals surface area contributed by atoms with Crippen molar-refractivity contribution in [3.8, 4) is 0 Å². The number of carbonyl (C=O) groups is 3. The van der Waals surface area contributed by atoms with Gasteiger partial charge < -0.3 is 20.5 Å². The quantitative estimate of drug-likeness (QED) is 0.435. The molecule has 1 atom stereocenters. The number of hydrogen-bond donors (Lipinski definition) is 3. The molecule has 0 saturated heterocycles. The van der Waals surface area contributed by atoms with E-state index in [1.807, 2.05) is 0 Å². The minimum Gasteiger partial charge on any atom is -0.480 e. The Hall–Kier alpha value is -3.31. The highest BCUT2D eigenvalue weighted by Gasteiger charge is 2.38. The summed E-state index contributed by atoms with van der Waals surface area (Å²) in [5.41, 5.74) is -0.517. The van der Waals surface area contributed by atoms with Gasteiger partial charge in [0.05, 0.1) is 10.6 Å². The van der Waals surface area contributed by atoms with Crippen LogP contribution in [0.4, 0.5) is 16.2 Å². The molecule has 10 nitrogen and oxygen atoms in total. The first-order valence-corrected chi connectivity index (χ1v) is 12.8. The van der Waals surface area contributed by atoms with Gasteiger partial charge in [-0.15, -0.1) is 0 Å². The molecule has 0 fully saturated rings. The van der Waals surface area contributed by atoms with Crippen LogP contribution in [-0.2, 0) is 24.3 Å². The number of sulfonamides is 1.